The Balaban J connectivity index is 1.41. The molecule has 31 heavy (non-hydrogen) atoms. The molecule has 2 N–H and O–H groups in total. The van der Waals surface area contributed by atoms with Crippen molar-refractivity contribution >= 4 is 40.2 Å². The van der Waals surface area contributed by atoms with Gasteiger partial charge in [-0.05, 0) is 89.7 Å². The number of nitrogen functional groups attached to an aromatic ring is 1. The van der Waals surface area contributed by atoms with Crippen molar-refractivity contribution in [1.82, 2.24) is 0 Å². The zero-order valence-corrected chi connectivity index (χ0v) is 18.9. The molecule has 0 radical (unpaired) electrons. The molecule has 2 unspecified atom stereocenters. The number of carbonyl (C=O) groups excluding carboxylic acids is 2. The van der Waals surface area contributed by atoms with Crippen LogP contribution in [0.15, 0.2) is 90.3 Å². The summed E-state index contributed by atoms with van der Waals surface area (Å²) in [6.45, 7) is 1.91. The van der Waals surface area contributed by atoms with E-state index in [1.165, 1.54) is 0 Å². The average molecular weight is 525 g/mol. The lowest BCUT2D eigenvalue weighted by atomic mass is 9.82. The summed E-state index contributed by atoms with van der Waals surface area (Å²) in [5, 5.41) is 0. The number of rotatable bonds is 4. The number of fused-ring (bicyclic) bond motifs is 1. The van der Waals surface area contributed by atoms with E-state index in [0.29, 0.717) is 28.3 Å². The molecule has 0 aliphatic heterocycles. The fraction of sp³-hybridized carbons (Fsp3) is 0.120. The molecule has 4 rings (SSSR count). The Kier molecular flexibility index (Phi) is 6.08. The lowest BCUT2D eigenvalue weighted by Gasteiger charge is -2.24. The van der Waals surface area contributed by atoms with Crippen LogP contribution in [0.3, 0.4) is 0 Å². The van der Waals surface area contributed by atoms with E-state index < -0.39 is 11.9 Å². The molecule has 0 spiro atoms. The van der Waals surface area contributed by atoms with Crippen LogP contribution in [-0.2, 0) is 9.53 Å². The first kappa shape index (κ1) is 21.1. The zero-order valence-electron chi connectivity index (χ0n) is 16.7. The second-order valence-electron chi connectivity index (χ2n) is 7.37. The molecule has 6 heteroatoms. The molecule has 2 aromatic rings. The van der Waals surface area contributed by atoms with Crippen LogP contribution in [0.4, 0.5) is 5.69 Å². The lowest BCUT2D eigenvalue weighted by molar-refractivity contribution is -0.129. The third-order valence-corrected chi connectivity index (χ3v) is 5.76. The van der Waals surface area contributed by atoms with Crippen LogP contribution >= 0.6 is 22.6 Å². The highest BCUT2D eigenvalue weighted by molar-refractivity contribution is 14.1. The molecule has 0 saturated carbocycles. The Hall–Kier alpha value is -3.13. The van der Waals surface area contributed by atoms with E-state index in [4.69, 9.17) is 15.2 Å². The third-order valence-electron chi connectivity index (χ3n) is 5.09. The highest BCUT2D eigenvalue weighted by Gasteiger charge is 2.25. The van der Waals surface area contributed by atoms with Crippen molar-refractivity contribution in [1.29, 1.82) is 0 Å². The van der Waals surface area contributed by atoms with Gasteiger partial charge in [-0.2, -0.15) is 0 Å². The molecule has 2 aliphatic carbocycles. The van der Waals surface area contributed by atoms with E-state index in [9.17, 15) is 9.59 Å². The van der Waals surface area contributed by atoms with Crippen molar-refractivity contribution in [2.24, 2.45) is 11.8 Å². The molecule has 156 valence electrons. The minimum atomic E-state index is -0.443. The number of ether oxygens (including phenoxy) is 2. The van der Waals surface area contributed by atoms with Crippen molar-refractivity contribution < 1.29 is 19.1 Å². The summed E-state index contributed by atoms with van der Waals surface area (Å²) >= 11 is 2.22. The first-order chi connectivity index (χ1) is 14.9. The fourth-order valence-electron chi connectivity index (χ4n) is 3.39. The van der Waals surface area contributed by atoms with Gasteiger partial charge in [0.05, 0.1) is 11.1 Å². The van der Waals surface area contributed by atoms with Crippen molar-refractivity contribution in [2.75, 3.05) is 5.73 Å². The second-order valence-corrected chi connectivity index (χ2v) is 8.62. The minimum absolute atomic E-state index is 0.00388. The van der Waals surface area contributed by atoms with Gasteiger partial charge in [-0.3, -0.25) is 0 Å². The van der Waals surface area contributed by atoms with E-state index in [1.807, 2.05) is 43.4 Å². The zero-order chi connectivity index (χ0) is 22.0. The van der Waals surface area contributed by atoms with Crippen LogP contribution in [0.5, 0.6) is 5.75 Å². The molecule has 5 nitrogen and oxygen atoms in total. The number of aryl methyl sites for hydroxylation is 1. The van der Waals surface area contributed by atoms with Crippen LogP contribution in [-0.4, -0.2) is 11.9 Å². The van der Waals surface area contributed by atoms with Gasteiger partial charge in [0.1, 0.15) is 11.5 Å². The van der Waals surface area contributed by atoms with E-state index in [-0.39, 0.29) is 11.8 Å². The fourth-order valence-corrected chi connectivity index (χ4v) is 4.04. The summed E-state index contributed by atoms with van der Waals surface area (Å²) in [4.78, 5) is 24.9. The number of benzene rings is 2. The number of nitrogens with two attached hydrogens (primary N) is 1. The Morgan fingerprint density at radius 1 is 0.903 bits per heavy atom. The maximum absolute atomic E-state index is 12.6. The molecular formula is C25H20INO4. The first-order valence-electron chi connectivity index (χ1n) is 9.75. The summed E-state index contributed by atoms with van der Waals surface area (Å²) in [5.41, 5.74) is 8.08. The van der Waals surface area contributed by atoms with Gasteiger partial charge in [0.2, 0.25) is 0 Å². The highest BCUT2D eigenvalue weighted by Crippen LogP contribution is 2.32. The SMILES string of the molecule is Cc1cc(I)ccc1OC(=O)C1=CC2C=CC(OC(=O)c3ccc(N)cc3)=CC2C=C1. The Morgan fingerprint density at radius 2 is 1.61 bits per heavy atom. The van der Waals surface area contributed by atoms with Crippen LogP contribution < -0.4 is 10.5 Å². The second kappa shape index (κ2) is 8.93. The van der Waals surface area contributed by atoms with Gasteiger partial charge >= 0.3 is 11.9 Å². The quantitative estimate of drug-likeness (QED) is 0.259. The van der Waals surface area contributed by atoms with Gasteiger partial charge in [-0.15, -0.1) is 0 Å². The number of anilines is 1. The van der Waals surface area contributed by atoms with Gasteiger partial charge < -0.3 is 15.2 Å². The van der Waals surface area contributed by atoms with E-state index in [0.717, 1.165) is 9.13 Å². The molecule has 2 aliphatic rings. The maximum atomic E-state index is 12.6. The summed E-state index contributed by atoms with van der Waals surface area (Å²) in [6, 6.07) is 12.2. The van der Waals surface area contributed by atoms with Gasteiger partial charge in [0, 0.05) is 21.1 Å². The predicted octanol–water partition coefficient (Wildman–Crippen LogP) is 5.13. The Morgan fingerprint density at radius 3 is 2.35 bits per heavy atom. The van der Waals surface area contributed by atoms with Gasteiger partial charge in [-0.1, -0.05) is 24.3 Å². The van der Waals surface area contributed by atoms with Gasteiger partial charge in [0.25, 0.3) is 0 Å². The monoisotopic (exact) mass is 525 g/mol. The lowest BCUT2D eigenvalue weighted by Crippen LogP contribution is -2.19. The number of carbonyl (C=O) groups is 2. The van der Waals surface area contributed by atoms with E-state index in [1.54, 1.807) is 42.5 Å². The molecular weight excluding hydrogens is 505 g/mol. The van der Waals surface area contributed by atoms with Crippen molar-refractivity contribution in [3.8, 4) is 5.75 Å². The molecule has 2 aromatic carbocycles. The topological polar surface area (TPSA) is 78.6 Å². The standard InChI is InChI=1S/C25H20INO4/c1-15-12-20(26)7-11-23(15)31-25(29)19-3-2-18-14-22(10-6-17(18)13-19)30-24(28)16-4-8-21(27)9-5-16/h2-14,17-18H,27H2,1H3. The predicted molar refractivity (Wildman–Crippen MR) is 127 cm³/mol. The summed E-state index contributed by atoms with van der Waals surface area (Å²) in [6.07, 6.45) is 11.1. The Bertz CT molecular complexity index is 1160. The van der Waals surface area contributed by atoms with Gasteiger partial charge in [-0.25, -0.2) is 9.59 Å². The van der Waals surface area contributed by atoms with E-state index in [2.05, 4.69) is 22.6 Å². The molecule has 2 atom stereocenters. The normalized spacial score (nSPS) is 19.2. The Labute approximate surface area is 194 Å². The van der Waals surface area contributed by atoms with Crippen LogP contribution in [0, 0.1) is 22.3 Å². The van der Waals surface area contributed by atoms with Crippen LogP contribution in [0.2, 0.25) is 0 Å². The number of hydrogen-bond donors (Lipinski definition) is 1. The molecule has 0 aromatic heterocycles. The third kappa shape index (κ3) is 4.96. The smallest absolute Gasteiger partial charge is 0.343 e. The van der Waals surface area contributed by atoms with Crippen molar-refractivity contribution in [3.05, 3.63) is 105 Å². The summed E-state index contributed by atoms with van der Waals surface area (Å²) in [5.74, 6) is 0.179. The number of allylic oxidation sites excluding steroid dienone is 5. The van der Waals surface area contributed by atoms with E-state index >= 15 is 0 Å². The van der Waals surface area contributed by atoms with Crippen LogP contribution in [0.25, 0.3) is 0 Å². The summed E-state index contributed by atoms with van der Waals surface area (Å²) < 4.78 is 12.1. The van der Waals surface area contributed by atoms with Crippen molar-refractivity contribution in [3.63, 3.8) is 0 Å². The van der Waals surface area contributed by atoms with Crippen LogP contribution in [0.1, 0.15) is 15.9 Å². The molecule has 0 fully saturated rings. The first-order valence-corrected chi connectivity index (χ1v) is 10.8. The maximum Gasteiger partial charge on any atom is 0.343 e. The largest absolute Gasteiger partial charge is 0.423 e. The molecule has 0 saturated heterocycles. The summed E-state index contributed by atoms with van der Waals surface area (Å²) in [7, 11) is 0. The number of hydrogen-bond acceptors (Lipinski definition) is 5. The minimum Gasteiger partial charge on any atom is -0.423 e. The highest BCUT2D eigenvalue weighted by atomic mass is 127. The average Bonchev–Trinajstić information content (AvgIpc) is 2.75. The molecule has 0 bridgehead atoms. The number of esters is 2. The molecule has 0 amide bonds. The van der Waals surface area contributed by atoms with Crippen molar-refractivity contribution in [2.45, 2.75) is 6.92 Å². The molecule has 0 heterocycles. The number of halogens is 1. The van der Waals surface area contributed by atoms with Gasteiger partial charge in [0.15, 0.2) is 0 Å².